The van der Waals surface area contributed by atoms with Gasteiger partial charge in [0.2, 0.25) is 0 Å². The fourth-order valence-corrected chi connectivity index (χ4v) is 1.76. The molecule has 1 rings (SSSR count). The normalized spacial score (nSPS) is 11.9. The van der Waals surface area contributed by atoms with Crippen LogP contribution in [0.5, 0.6) is 0 Å². The van der Waals surface area contributed by atoms with Crippen LogP contribution in [-0.4, -0.2) is 27.2 Å². The van der Waals surface area contributed by atoms with Crippen LogP contribution in [-0.2, 0) is 7.05 Å². The third kappa shape index (κ3) is 1.98. The van der Waals surface area contributed by atoms with Gasteiger partial charge in [-0.3, -0.25) is 0 Å². The lowest BCUT2D eigenvalue weighted by Gasteiger charge is -1.98. The molecule has 0 radical (unpaired) electrons. The Hall–Kier alpha value is -1.23. The van der Waals surface area contributed by atoms with Gasteiger partial charge in [-0.05, 0) is 19.3 Å². The average molecular weight is 211 g/mol. The second kappa shape index (κ2) is 4.85. The maximum absolute atomic E-state index is 8.47. The molecular formula is C9H13N3OS. The van der Waals surface area contributed by atoms with Crippen molar-refractivity contribution in [3.05, 3.63) is 17.5 Å². The van der Waals surface area contributed by atoms with Crippen LogP contribution < -0.4 is 0 Å². The van der Waals surface area contributed by atoms with Crippen molar-refractivity contribution in [3.63, 3.8) is 0 Å². The minimum Gasteiger partial charge on any atom is -0.411 e. The van der Waals surface area contributed by atoms with Crippen molar-refractivity contribution < 1.29 is 5.21 Å². The van der Waals surface area contributed by atoms with Crippen molar-refractivity contribution in [1.29, 1.82) is 0 Å². The van der Waals surface area contributed by atoms with E-state index in [4.69, 9.17) is 5.21 Å². The van der Waals surface area contributed by atoms with Crippen molar-refractivity contribution >= 4 is 24.1 Å². The van der Waals surface area contributed by atoms with E-state index in [1.807, 2.05) is 36.9 Å². The summed E-state index contributed by atoms with van der Waals surface area (Å²) in [5.74, 6) is 0. The predicted molar refractivity (Wildman–Crippen MR) is 59.1 cm³/mol. The molecular weight excluding hydrogens is 198 g/mol. The highest BCUT2D eigenvalue weighted by molar-refractivity contribution is 7.98. The molecule has 0 spiro atoms. The molecule has 0 unspecified atom stereocenters. The van der Waals surface area contributed by atoms with E-state index in [0.29, 0.717) is 5.69 Å². The second-order valence-electron chi connectivity index (χ2n) is 2.67. The summed E-state index contributed by atoms with van der Waals surface area (Å²) in [6, 6.07) is 0. The van der Waals surface area contributed by atoms with Crippen LogP contribution in [0.3, 0.4) is 0 Å². The van der Waals surface area contributed by atoms with Gasteiger partial charge in [0, 0.05) is 7.05 Å². The van der Waals surface area contributed by atoms with Crippen molar-refractivity contribution in [3.8, 4) is 0 Å². The summed E-state index contributed by atoms with van der Waals surface area (Å²) in [5, 5.41) is 12.4. The first kappa shape index (κ1) is 10.8. The van der Waals surface area contributed by atoms with Crippen LogP contribution in [0, 0.1) is 0 Å². The van der Waals surface area contributed by atoms with E-state index in [1.54, 1.807) is 11.8 Å². The third-order valence-electron chi connectivity index (χ3n) is 1.81. The third-order valence-corrected chi connectivity index (χ3v) is 2.54. The number of oxime groups is 1. The number of hydrogen-bond acceptors (Lipinski definition) is 4. The molecule has 0 saturated heterocycles. The zero-order valence-corrected chi connectivity index (χ0v) is 9.25. The molecule has 1 heterocycles. The van der Waals surface area contributed by atoms with Gasteiger partial charge in [-0.15, -0.1) is 0 Å². The summed E-state index contributed by atoms with van der Waals surface area (Å²) in [6.07, 6.45) is 7.16. The van der Waals surface area contributed by atoms with Crippen LogP contribution >= 0.6 is 11.8 Å². The van der Waals surface area contributed by atoms with Crippen LogP contribution in [0.2, 0.25) is 0 Å². The molecule has 0 saturated carbocycles. The van der Waals surface area contributed by atoms with E-state index in [1.165, 1.54) is 6.21 Å². The fourth-order valence-electron chi connectivity index (χ4n) is 1.20. The molecule has 0 fully saturated rings. The van der Waals surface area contributed by atoms with Gasteiger partial charge < -0.3 is 9.77 Å². The number of rotatable bonds is 3. The van der Waals surface area contributed by atoms with Crippen LogP contribution in [0.4, 0.5) is 0 Å². The summed E-state index contributed by atoms with van der Waals surface area (Å²) in [4.78, 5) is 4.30. The fraction of sp³-hybridized carbons (Fsp3) is 0.333. The number of aromatic nitrogens is 2. The molecule has 0 aliphatic rings. The molecule has 0 aromatic carbocycles. The van der Waals surface area contributed by atoms with Gasteiger partial charge >= 0.3 is 0 Å². The van der Waals surface area contributed by atoms with Crippen LogP contribution in [0.15, 0.2) is 16.4 Å². The Balaban J connectivity index is 3.26. The lowest BCUT2D eigenvalue weighted by molar-refractivity contribution is 0.321. The Kier molecular flexibility index (Phi) is 3.76. The van der Waals surface area contributed by atoms with Crippen molar-refractivity contribution in [2.24, 2.45) is 12.2 Å². The summed E-state index contributed by atoms with van der Waals surface area (Å²) in [5.41, 5.74) is 1.62. The average Bonchev–Trinajstić information content (AvgIpc) is 2.47. The monoisotopic (exact) mass is 211 g/mol. The first-order chi connectivity index (χ1) is 6.74. The second-order valence-corrected chi connectivity index (χ2v) is 3.45. The van der Waals surface area contributed by atoms with Gasteiger partial charge in [-0.2, -0.15) is 0 Å². The molecule has 4 nitrogen and oxygen atoms in total. The molecule has 0 aliphatic carbocycles. The number of nitrogens with zero attached hydrogens (tertiary/aromatic N) is 3. The van der Waals surface area contributed by atoms with Crippen molar-refractivity contribution in [2.75, 3.05) is 6.26 Å². The number of thioether (sulfide) groups is 1. The van der Waals surface area contributed by atoms with Crippen molar-refractivity contribution in [1.82, 2.24) is 9.55 Å². The quantitative estimate of drug-likeness (QED) is 0.360. The summed E-state index contributed by atoms with van der Waals surface area (Å²) in [6.45, 7) is 1.94. The zero-order valence-electron chi connectivity index (χ0n) is 8.43. The van der Waals surface area contributed by atoms with Crippen LogP contribution in [0.25, 0.3) is 6.08 Å². The minimum atomic E-state index is 0.678. The van der Waals surface area contributed by atoms with E-state index in [0.717, 1.165) is 10.9 Å². The minimum absolute atomic E-state index is 0.678. The highest BCUT2D eigenvalue weighted by Crippen LogP contribution is 2.18. The zero-order chi connectivity index (χ0) is 10.6. The molecule has 0 bridgehead atoms. The van der Waals surface area contributed by atoms with Gasteiger partial charge in [-0.1, -0.05) is 23.0 Å². The van der Waals surface area contributed by atoms with Gasteiger partial charge in [-0.25, -0.2) is 4.98 Å². The van der Waals surface area contributed by atoms with Crippen LogP contribution in [0.1, 0.15) is 18.3 Å². The summed E-state index contributed by atoms with van der Waals surface area (Å²) < 4.78 is 1.96. The first-order valence-electron chi connectivity index (χ1n) is 4.15. The topological polar surface area (TPSA) is 50.4 Å². The van der Waals surface area contributed by atoms with Gasteiger partial charge in [0.1, 0.15) is 5.69 Å². The largest absolute Gasteiger partial charge is 0.411 e. The standard InChI is InChI=1S/C9H13N3OS/c1-4-5-8-7(6-10-13)11-9(14-3)12(8)2/h4-6,13H,1-3H3/b5-4+,10-6+. The van der Waals surface area contributed by atoms with E-state index in [-0.39, 0.29) is 0 Å². The summed E-state index contributed by atoms with van der Waals surface area (Å²) >= 11 is 1.56. The molecule has 1 N–H and O–H groups in total. The molecule has 76 valence electrons. The lowest BCUT2D eigenvalue weighted by atomic mass is 10.3. The number of allylic oxidation sites excluding steroid dienone is 1. The van der Waals surface area contributed by atoms with Crippen molar-refractivity contribution in [2.45, 2.75) is 12.1 Å². The SMILES string of the molecule is C/C=C/c1c(/C=N/O)nc(SC)n1C. The molecule has 1 aromatic rings. The molecule has 0 atom stereocenters. The molecule has 0 amide bonds. The Morgan fingerprint density at radius 1 is 1.57 bits per heavy atom. The van der Waals surface area contributed by atoms with Gasteiger partial charge in [0.15, 0.2) is 5.16 Å². The van der Waals surface area contributed by atoms with E-state index >= 15 is 0 Å². The van der Waals surface area contributed by atoms with Gasteiger partial charge in [0.05, 0.1) is 11.9 Å². The Morgan fingerprint density at radius 2 is 2.29 bits per heavy atom. The Labute approximate surface area is 87.3 Å². The first-order valence-corrected chi connectivity index (χ1v) is 5.37. The van der Waals surface area contributed by atoms with E-state index < -0.39 is 0 Å². The summed E-state index contributed by atoms with van der Waals surface area (Å²) in [7, 11) is 1.93. The maximum Gasteiger partial charge on any atom is 0.168 e. The Bertz CT molecular complexity index is 368. The molecule has 5 heteroatoms. The Morgan fingerprint density at radius 3 is 2.79 bits per heavy atom. The molecule has 1 aromatic heterocycles. The predicted octanol–water partition coefficient (Wildman–Crippen LogP) is 1.98. The maximum atomic E-state index is 8.47. The smallest absolute Gasteiger partial charge is 0.168 e. The highest BCUT2D eigenvalue weighted by Gasteiger charge is 2.09. The molecule has 14 heavy (non-hydrogen) atoms. The highest BCUT2D eigenvalue weighted by atomic mass is 32.2. The lowest BCUT2D eigenvalue weighted by Crippen LogP contribution is -1.93. The number of hydrogen-bond donors (Lipinski definition) is 1. The van der Waals surface area contributed by atoms with E-state index in [9.17, 15) is 0 Å². The van der Waals surface area contributed by atoms with E-state index in [2.05, 4.69) is 10.1 Å². The number of imidazole rings is 1. The molecule has 0 aliphatic heterocycles. The van der Waals surface area contributed by atoms with Gasteiger partial charge in [0.25, 0.3) is 0 Å².